The van der Waals surface area contributed by atoms with Crippen molar-refractivity contribution in [1.29, 1.82) is 0 Å². The maximum atomic E-state index is 12.1. The number of benzene rings is 1. The molecule has 106 valence electrons. The van der Waals surface area contributed by atoms with Gasteiger partial charge >= 0.3 is 0 Å². The highest BCUT2D eigenvalue weighted by molar-refractivity contribution is 5.99. The molecule has 1 amide bonds. The second-order valence-corrected chi connectivity index (χ2v) is 6.24. The quantitative estimate of drug-likeness (QED) is 0.821. The number of hydrogen-bond donors (Lipinski definition) is 2. The van der Waals surface area contributed by atoms with Crippen molar-refractivity contribution in [3.63, 3.8) is 0 Å². The van der Waals surface area contributed by atoms with E-state index in [4.69, 9.17) is 5.73 Å². The zero-order valence-electron chi connectivity index (χ0n) is 12.6. The van der Waals surface area contributed by atoms with Crippen LogP contribution in [0.4, 0.5) is 11.4 Å². The van der Waals surface area contributed by atoms with Crippen molar-refractivity contribution in [2.24, 2.45) is 5.41 Å². The number of nitrogens with zero attached hydrogens (tertiary/aromatic N) is 1. The van der Waals surface area contributed by atoms with Crippen LogP contribution in [0, 0.1) is 5.41 Å². The molecule has 0 unspecified atom stereocenters. The van der Waals surface area contributed by atoms with E-state index < -0.39 is 0 Å². The second kappa shape index (κ2) is 5.95. The Morgan fingerprint density at radius 1 is 1.32 bits per heavy atom. The van der Waals surface area contributed by atoms with Crippen molar-refractivity contribution in [1.82, 2.24) is 4.90 Å². The summed E-state index contributed by atoms with van der Waals surface area (Å²) in [6.07, 6.45) is 1.03. The SMILES string of the molecule is CN(C)C(=O)c1ccc(N)cc1NCCC(C)(C)C. The van der Waals surface area contributed by atoms with Gasteiger partial charge < -0.3 is 16.0 Å². The fourth-order valence-electron chi connectivity index (χ4n) is 1.71. The summed E-state index contributed by atoms with van der Waals surface area (Å²) in [6, 6.07) is 5.35. The van der Waals surface area contributed by atoms with Crippen molar-refractivity contribution in [2.75, 3.05) is 31.7 Å². The van der Waals surface area contributed by atoms with Crippen LogP contribution in [-0.2, 0) is 0 Å². The van der Waals surface area contributed by atoms with Crippen molar-refractivity contribution < 1.29 is 4.79 Å². The topological polar surface area (TPSA) is 58.4 Å². The molecule has 0 bridgehead atoms. The first-order valence-electron chi connectivity index (χ1n) is 6.56. The van der Waals surface area contributed by atoms with Crippen LogP contribution in [0.1, 0.15) is 37.6 Å². The molecule has 1 aromatic carbocycles. The third-order valence-electron chi connectivity index (χ3n) is 2.87. The molecule has 0 aromatic heterocycles. The average Bonchev–Trinajstić information content (AvgIpc) is 2.26. The molecule has 4 nitrogen and oxygen atoms in total. The predicted octanol–water partition coefficient (Wildman–Crippen LogP) is 2.82. The van der Waals surface area contributed by atoms with E-state index in [9.17, 15) is 4.79 Å². The lowest BCUT2D eigenvalue weighted by atomic mass is 9.92. The lowest BCUT2D eigenvalue weighted by molar-refractivity contribution is 0.0828. The zero-order valence-corrected chi connectivity index (χ0v) is 12.6. The van der Waals surface area contributed by atoms with Crippen LogP contribution in [0.5, 0.6) is 0 Å². The molecule has 0 saturated carbocycles. The van der Waals surface area contributed by atoms with Crippen LogP contribution in [0.15, 0.2) is 18.2 Å². The van der Waals surface area contributed by atoms with Gasteiger partial charge in [-0.25, -0.2) is 0 Å². The minimum Gasteiger partial charge on any atom is -0.399 e. The molecule has 0 atom stereocenters. The van der Waals surface area contributed by atoms with Gasteiger partial charge in [0.15, 0.2) is 0 Å². The summed E-state index contributed by atoms with van der Waals surface area (Å²) in [5.74, 6) is -0.0155. The van der Waals surface area contributed by atoms with E-state index in [2.05, 4.69) is 26.1 Å². The Hall–Kier alpha value is -1.71. The third kappa shape index (κ3) is 4.81. The minimum absolute atomic E-state index is 0.0155. The van der Waals surface area contributed by atoms with Gasteiger partial charge in [0.05, 0.1) is 5.56 Å². The van der Waals surface area contributed by atoms with Crippen LogP contribution < -0.4 is 11.1 Å². The van der Waals surface area contributed by atoms with Gasteiger partial charge in [-0.1, -0.05) is 20.8 Å². The Morgan fingerprint density at radius 2 is 1.95 bits per heavy atom. The summed E-state index contributed by atoms with van der Waals surface area (Å²) >= 11 is 0. The van der Waals surface area contributed by atoms with Crippen molar-refractivity contribution in [3.8, 4) is 0 Å². The van der Waals surface area contributed by atoms with Crippen molar-refractivity contribution in [3.05, 3.63) is 23.8 Å². The normalized spacial score (nSPS) is 11.2. The smallest absolute Gasteiger partial charge is 0.255 e. The van der Waals surface area contributed by atoms with Crippen LogP contribution in [0.25, 0.3) is 0 Å². The molecular formula is C15H25N3O. The summed E-state index contributed by atoms with van der Waals surface area (Å²) in [7, 11) is 3.50. The Balaban J connectivity index is 2.86. The van der Waals surface area contributed by atoms with E-state index in [0.717, 1.165) is 18.7 Å². The number of carbonyl (C=O) groups excluding carboxylic acids is 1. The van der Waals surface area contributed by atoms with E-state index >= 15 is 0 Å². The largest absolute Gasteiger partial charge is 0.399 e. The lowest BCUT2D eigenvalue weighted by Crippen LogP contribution is -2.23. The highest BCUT2D eigenvalue weighted by Gasteiger charge is 2.14. The Kier molecular flexibility index (Phi) is 4.81. The van der Waals surface area contributed by atoms with E-state index in [1.807, 2.05) is 6.07 Å². The highest BCUT2D eigenvalue weighted by Crippen LogP contribution is 2.23. The first-order chi connectivity index (χ1) is 8.70. The number of amides is 1. The van der Waals surface area contributed by atoms with E-state index in [1.54, 1.807) is 31.1 Å². The highest BCUT2D eigenvalue weighted by atomic mass is 16.2. The first-order valence-corrected chi connectivity index (χ1v) is 6.56. The number of nitrogens with one attached hydrogen (secondary N) is 1. The number of hydrogen-bond acceptors (Lipinski definition) is 3. The summed E-state index contributed by atoms with van der Waals surface area (Å²) in [5.41, 5.74) is 8.19. The average molecular weight is 263 g/mol. The van der Waals surface area contributed by atoms with Gasteiger partial charge in [-0.05, 0) is 30.0 Å². The molecule has 0 saturated heterocycles. The maximum absolute atomic E-state index is 12.1. The second-order valence-electron chi connectivity index (χ2n) is 6.24. The molecule has 0 aliphatic rings. The van der Waals surface area contributed by atoms with Gasteiger partial charge in [0, 0.05) is 32.0 Å². The van der Waals surface area contributed by atoms with Crippen LogP contribution in [0.3, 0.4) is 0 Å². The summed E-state index contributed by atoms with van der Waals surface area (Å²) in [6.45, 7) is 7.40. The Bertz CT molecular complexity index is 447. The van der Waals surface area contributed by atoms with E-state index in [0.29, 0.717) is 11.3 Å². The number of nitrogens with two attached hydrogens (primary N) is 1. The first kappa shape index (κ1) is 15.3. The van der Waals surface area contributed by atoms with Crippen LogP contribution >= 0.6 is 0 Å². The van der Waals surface area contributed by atoms with Gasteiger partial charge in [0.25, 0.3) is 5.91 Å². The third-order valence-corrected chi connectivity index (χ3v) is 2.87. The molecule has 0 aliphatic heterocycles. The molecule has 1 rings (SSSR count). The fraction of sp³-hybridized carbons (Fsp3) is 0.533. The van der Waals surface area contributed by atoms with Gasteiger partial charge in [-0.15, -0.1) is 0 Å². The molecule has 1 aromatic rings. The maximum Gasteiger partial charge on any atom is 0.255 e. The van der Waals surface area contributed by atoms with E-state index in [-0.39, 0.29) is 11.3 Å². The standard InChI is InChI=1S/C15H25N3O/c1-15(2,3)8-9-17-13-10-11(16)6-7-12(13)14(19)18(4)5/h6-7,10,17H,8-9,16H2,1-5H3. The lowest BCUT2D eigenvalue weighted by Gasteiger charge is -2.20. The van der Waals surface area contributed by atoms with Crippen LogP contribution in [0.2, 0.25) is 0 Å². The summed E-state index contributed by atoms with van der Waals surface area (Å²) in [5, 5.41) is 3.32. The van der Waals surface area contributed by atoms with Gasteiger partial charge in [0.1, 0.15) is 0 Å². The molecule has 0 aliphatic carbocycles. The van der Waals surface area contributed by atoms with Crippen LogP contribution in [-0.4, -0.2) is 31.4 Å². The molecule has 19 heavy (non-hydrogen) atoms. The fourth-order valence-corrected chi connectivity index (χ4v) is 1.71. The van der Waals surface area contributed by atoms with Crippen molar-refractivity contribution >= 4 is 17.3 Å². The molecule has 0 spiro atoms. The molecular weight excluding hydrogens is 238 g/mol. The molecule has 4 heteroatoms. The Labute approximate surface area is 116 Å². The van der Waals surface area contributed by atoms with Gasteiger partial charge in [0.2, 0.25) is 0 Å². The van der Waals surface area contributed by atoms with E-state index in [1.165, 1.54) is 0 Å². The monoisotopic (exact) mass is 263 g/mol. The molecule has 3 N–H and O–H groups in total. The Morgan fingerprint density at radius 3 is 2.47 bits per heavy atom. The number of nitrogen functional groups attached to an aromatic ring is 1. The van der Waals surface area contributed by atoms with Gasteiger partial charge in [-0.3, -0.25) is 4.79 Å². The number of anilines is 2. The van der Waals surface area contributed by atoms with Gasteiger partial charge in [-0.2, -0.15) is 0 Å². The number of carbonyl (C=O) groups is 1. The number of rotatable bonds is 4. The molecule has 0 fully saturated rings. The summed E-state index contributed by atoms with van der Waals surface area (Å²) < 4.78 is 0. The molecule has 0 heterocycles. The summed E-state index contributed by atoms with van der Waals surface area (Å²) in [4.78, 5) is 13.7. The van der Waals surface area contributed by atoms with Crippen molar-refractivity contribution in [2.45, 2.75) is 27.2 Å². The minimum atomic E-state index is -0.0155. The predicted molar refractivity (Wildman–Crippen MR) is 81.4 cm³/mol. The molecule has 0 radical (unpaired) electrons. The zero-order chi connectivity index (χ0) is 14.6.